The molecule has 23 heavy (non-hydrogen) atoms. The van der Waals surface area contributed by atoms with Crippen LogP contribution in [-0.2, 0) is 16.6 Å². The fourth-order valence-corrected chi connectivity index (χ4v) is 3.46. The van der Waals surface area contributed by atoms with E-state index in [-0.39, 0.29) is 16.5 Å². The fraction of sp³-hybridized carbons (Fsp3) is 0.294. The van der Waals surface area contributed by atoms with Gasteiger partial charge in [0.05, 0.1) is 17.0 Å². The molecule has 2 aromatic rings. The minimum absolute atomic E-state index is 0.113. The number of hydrogen-bond donors (Lipinski definition) is 1. The number of methoxy groups -OCH3 is 1. The minimum Gasteiger partial charge on any atom is -0.495 e. The van der Waals surface area contributed by atoms with Gasteiger partial charge in [-0.2, -0.15) is 0 Å². The topological polar surface area (TPSA) is 55.4 Å². The number of sulfonamides is 1. The van der Waals surface area contributed by atoms with Gasteiger partial charge in [0.2, 0.25) is 10.0 Å². The summed E-state index contributed by atoms with van der Waals surface area (Å²) in [7, 11) is -2.14. The molecule has 2 rings (SSSR count). The van der Waals surface area contributed by atoms with Gasteiger partial charge in [-0.05, 0) is 35.2 Å². The molecule has 0 aliphatic heterocycles. The van der Waals surface area contributed by atoms with Crippen LogP contribution in [0.2, 0.25) is 5.02 Å². The van der Waals surface area contributed by atoms with Crippen LogP contribution in [0.25, 0.3) is 0 Å². The summed E-state index contributed by atoms with van der Waals surface area (Å²) in [6, 6.07) is 12.3. The van der Waals surface area contributed by atoms with Crippen LogP contribution in [0, 0.1) is 0 Å². The summed E-state index contributed by atoms with van der Waals surface area (Å²) < 4.78 is 32.2. The summed E-state index contributed by atoms with van der Waals surface area (Å²) in [6.07, 6.45) is 0. The average Bonchev–Trinajstić information content (AvgIpc) is 2.53. The molecular weight excluding hydrogens is 334 g/mol. The van der Waals surface area contributed by atoms with Gasteiger partial charge in [0.25, 0.3) is 0 Å². The Morgan fingerprint density at radius 1 is 1.13 bits per heavy atom. The quantitative estimate of drug-likeness (QED) is 0.855. The highest BCUT2D eigenvalue weighted by atomic mass is 35.5. The SMILES string of the molecule is COc1ccc(S(=O)(=O)NCc2ccc(C(C)C)cc2)cc1Cl. The Morgan fingerprint density at radius 2 is 1.78 bits per heavy atom. The van der Waals surface area contributed by atoms with Gasteiger partial charge in [0.15, 0.2) is 0 Å². The average molecular weight is 354 g/mol. The van der Waals surface area contributed by atoms with Crippen LogP contribution < -0.4 is 9.46 Å². The van der Waals surface area contributed by atoms with Crippen molar-refractivity contribution in [2.75, 3.05) is 7.11 Å². The first kappa shape index (κ1) is 17.8. The Bertz CT molecular complexity index is 771. The molecule has 0 radical (unpaired) electrons. The van der Waals surface area contributed by atoms with Crippen molar-refractivity contribution in [2.45, 2.75) is 31.2 Å². The van der Waals surface area contributed by atoms with E-state index >= 15 is 0 Å². The molecule has 1 N–H and O–H groups in total. The second-order valence-electron chi connectivity index (χ2n) is 5.52. The minimum atomic E-state index is -3.62. The van der Waals surface area contributed by atoms with Crippen molar-refractivity contribution in [1.29, 1.82) is 0 Å². The standard InChI is InChI=1S/C17H20ClNO3S/c1-12(2)14-6-4-13(5-7-14)11-19-23(20,21)15-8-9-17(22-3)16(18)10-15/h4-10,12,19H,11H2,1-3H3. The third-order valence-corrected chi connectivity index (χ3v) is 5.24. The summed E-state index contributed by atoms with van der Waals surface area (Å²) in [5.41, 5.74) is 2.12. The van der Waals surface area contributed by atoms with Gasteiger partial charge in [0, 0.05) is 6.54 Å². The molecule has 0 spiro atoms. The summed E-state index contributed by atoms with van der Waals surface area (Å²) in [6.45, 7) is 4.46. The number of ether oxygens (including phenoxy) is 1. The predicted octanol–water partition coefficient (Wildman–Crippen LogP) is 3.95. The molecule has 0 aliphatic rings. The molecule has 0 fully saturated rings. The van der Waals surface area contributed by atoms with Crippen molar-refractivity contribution in [3.05, 3.63) is 58.6 Å². The van der Waals surface area contributed by atoms with E-state index in [2.05, 4.69) is 18.6 Å². The van der Waals surface area contributed by atoms with Gasteiger partial charge < -0.3 is 4.74 Å². The Morgan fingerprint density at radius 3 is 2.30 bits per heavy atom. The van der Waals surface area contributed by atoms with Crippen molar-refractivity contribution in [1.82, 2.24) is 4.72 Å². The molecular formula is C17H20ClNO3S. The van der Waals surface area contributed by atoms with E-state index in [9.17, 15) is 8.42 Å². The number of rotatable bonds is 6. The highest BCUT2D eigenvalue weighted by molar-refractivity contribution is 7.89. The Labute approximate surface area is 142 Å². The molecule has 0 saturated carbocycles. The van der Waals surface area contributed by atoms with Crippen LogP contribution in [0.15, 0.2) is 47.4 Å². The van der Waals surface area contributed by atoms with Crippen molar-refractivity contribution >= 4 is 21.6 Å². The fourth-order valence-electron chi connectivity index (χ4n) is 2.10. The molecule has 2 aromatic carbocycles. The largest absolute Gasteiger partial charge is 0.495 e. The maximum atomic E-state index is 12.3. The van der Waals surface area contributed by atoms with E-state index in [0.29, 0.717) is 11.7 Å². The lowest BCUT2D eigenvalue weighted by molar-refractivity contribution is 0.414. The Balaban J connectivity index is 2.10. The molecule has 0 aromatic heterocycles. The highest BCUT2D eigenvalue weighted by Gasteiger charge is 2.15. The zero-order chi connectivity index (χ0) is 17.0. The summed E-state index contributed by atoms with van der Waals surface area (Å²) in [4.78, 5) is 0.113. The van der Waals surface area contributed by atoms with Crippen molar-refractivity contribution in [3.63, 3.8) is 0 Å². The first-order valence-electron chi connectivity index (χ1n) is 7.25. The zero-order valence-corrected chi connectivity index (χ0v) is 14.9. The van der Waals surface area contributed by atoms with Gasteiger partial charge in [-0.1, -0.05) is 49.7 Å². The van der Waals surface area contributed by atoms with E-state index in [1.807, 2.05) is 24.3 Å². The third kappa shape index (κ3) is 4.47. The molecule has 4 nitrogen and oxygen atoms in total. The second kappa shape index (κ2) is 7.34. The van der Waals surface area contributed by atoms with Crippen LogP contribution in [0.1, 0.15) is 30.9 Å². The molecule has 6 heteroatoms. The van der Waals surface area contributed by atoms with Crippen molar-refractivity contribution in [2.24, 2.45) is 0 Å². The lowest BCUT2D eigenvalue weighted by Crippen LogP contribution is -2.23. The number of nitrogens with one attached hydrogen (secondary N) is 1. The lowest BCUT2D eigenvalue weighted by atomic mass is 10.0. The van der Waals surface area contributed by atoms with E-state index in [4.69, 9.17) is 16.3 Å². The van der Waals surface area contributed by atoms with Crippen LogP contribution in [-0.4, -0.2) is 15.5 Å². The summed E-state index contributed by atoms with van der Waals surface area (Å²) in [5, 5.41) is 0.261. The van der Waals surface area contributed by atoms with Crippen LogP contribution in [0.4, 0.5) is 0 Å². The van der Waals surface area contributed by atoms with Crippen LogP contribution in [0.5, 0.6) is 5.75 Å². The number of benzene rings is 2. The van der Waals surface area contributed by atoms with E-state index in [1.54, 1.807) is 0 Å². The van der Waals surface area contributed by atoms with E-state index < -0.39 is 10.0 Å². The van der Waals surface area contributed by atoms with Gasteiger partial charge in [-0.3, -0.25) is 0 Å². The molecule has 0 amide bonds. The maximum Gasteiger partial charge on any atom is 0.240 e. The molecule has 0 aliphatic carbocycles. The number of halogens is 1. The predicted molar refractivity (Wildman–Crippen MR) is 92.6 cm³/mol. The van der Waals surface area contributed by atoms with Crippen molar-refractivity contribution < 1.29 is 13.2 Å². The lowest BCUT2D eigenvalue weighted by Gasteiger charge is -2.10. The maximum absolute atomic E-state index is 12.3. The van der Waals surface area contributed by atoms with Gasteiger partial charge in [0.1, 0.15) is 5.75 Å². The Kier molecular flexibility index (Phi) is 5.68. The smallest absolute Gasteiger partial charge is 0.240 e. The molecule has 124 valence electrons. The second-order valence-corrected chi connectivity index (χ2v) is 7.69. The zero-order valence-electron chi connectivity index (χ0n) is 13.3. The molecule has 0 saturated heterocycles. The highest BCUT2D eigenvalue weighted by Crippen LogP contribution is 2.26. The van der Waals surface area contributed by atoms with Gasteiger partial charge in [-0.25, -0.2) is 13.1 Å². The number of hydrogen-bond acceptors (Lipinski definition) is 3. The van der Waals surface area contributed by atoms with E-state index in [1.165, 1.54) is 30.9 Å². The summed E-state index contributed by atoms with van der Waals surface area (Å²) in [5.74, 6) is 0.886. The first-order valence-corrected chi connectivity index (χ1v) is 9.11. The molecule has 0 heterocycles. The van der Waals surface area contributed by atoms with Crippen LogP contribution >= 0.6 is 11.6 Å². The first-order chi connectivity index (χ1) is 10.8. The summed E-state index contributed by atoms with van der Waals surface area (Å²) >= 11 is 5.98. The van der Waals surface area contributed by atoms with Gasteiger partial charge in [-0.15, -0.1) is 0 Å². The molecule has 0 atom stereocenters. The Hall–Kier alpha value is -1.56. The third-order valence-electron chi connectivity index (χ3n) is 3.55. The van der Waals surface area contributed by atoms with Gasteiger partial charge >= 0.3 is 0 Å². The van der Waals surface area contributed by atoms with Crippen molar-refractivity contribution in [3.8, 4) is 5.75 Å². The van der Waals surface area contributed by atoms with E-state index in [0.717, 1.165) is 5.56 Å². The molecule has 0 bridgehead atoms. The van der Waals surface area contributed by atoms with Crippen LogP contribution in [0.3, 0.4) is 0 Å². The monoisotopic (exact) mass is 353 g/mol. The molecule has 0 unspecified atom stereocenters. The normalized spacial score (nSPS) is 11.7.